The minimum absolute atomic E-state index is 0.236. The van der Waals surface area contributed by atoms with Crippen molar-refractivity contribution in [2.45, 2.75) is 37.2 Å². The van der Waals surface area contributed by atoms with Crippen molar-refractivity contribution in [2.24, 2.45) is 17.3 Å². The maximum atomic E-state index is 14.3. The summed E-state index contributed by atoms with van der Waals surface area (Å²) in [5, 5.41) is 13.1. The van der Waals surface area contributed by atoms with E-state index in [-0.39, 0.29) is 11.8 Å². The lowest BCUT2D eigenvalue weighted by molar-refractivity contribution is -0.139. The molecule has 2 nitrogen and oxygen atoms in total. The summed E-state index contributed by atoms with van der Waals surface area (Å²) in [5.41, 5.74) is 3.60. The van der Waals surface area contributed by atoms with E-state index in [0.717, 1.165) is 27.8 Å². The number of benzene rings is 3. The monoisotopic (exact) mass is 418 g/mol. The first-order chi connectivity index (χ1) is 15.4. The molecule has 7 rings (SSSR count). The number of aliphatic hydroxyl groups is 1. The van der Waals surface area contributed by atoms with E-state index in [2.05, 4.69) is 81.4 Å². The fourth-order valence-electron chi connectivity index (χ4n) is 8.84. The van der Waals surface area contributed by atoms with Crippen LogP contribution in [0.1, 0.15) is 43.0 Å². The van der Waals surface area contributed by atoms with E-state index in [1.807, 2.05) is 24.3 Å². The Morgan fingerprint density at radius 1 is 0.781 bits per heavy atom. The zero-order valence-corrected chi connectivity index (χ0v) is 18.6. The molecule has 2 fully saturated rings. The fourth-order valence-corrected chi connectivity index (χ4v) is 8.84. The van der Waals surface area contributed by atoms with Crippen molar-refractivity contribution in [3.05, 3.63) is 113 Å². The first-order valence-electron chi connectivity index (χ1n) is 11.6. The Balaban J connectivity index is 1.66. The van der Waals surface area contributed by atoms with Crippen LogP contribution in [-0.2, 0) is 15.6 Å². The van der Waals surface area contributed by atoms with Crippen LogP contribution >= 0.6 is 0 Å². The number of ketones is 1. The fraction of sp³-hybridized carbons (Fsp3) is 0.300. The van der Waals surface area contributed by atoms with Gasteiger partial charge in [-0.15, -0.1) is 0 Å². The summed E-state index contributed by atoms with van der Waals surface area (Å²) in [6.07, 6.45) is 0. The summed E-state index contributed by atoms with van der Waals surface area (Å²) < 4.78 is 0. The summed E-state index contributed by atoms with van der Waals surface area (Å²) in [5.74, 6) is -0.251. The molecule has 2 heteroatoms. The highest BCUT2D eigenvalue weighted by Gasteiger charge is 2.95. The van der Waals surface area contributed by atoms with Gasteiger partial charge >= 0.3 is 0 Å². The third-order valence-corrected chi connectivity index (χ3v) is 9.79. The summed E-state index contributed by atoms with van der Waals surface area (Å²) in [4.78, 5) is 14.3. The topological polar surface area (TPSA) is 37.3 Å². The molecule has 0 amide bonds. The van der Waals surface area contributed by atoms with Crippen molar-refractivity contribution in [2.75, 3.05) is 0 Å². The van der Waals surface area contributed by atoms with Gasteiger partial charge in [0.15, 0.2) is 0 Å². The van der Waals surface area contributed by atoms with Crippen molar-refractivity contribution in [3.8, 4) is 0 Å². The third kappa shape index (κ3) is 1.49. The van der Waals surface area contributed by atoms with Crippen LogP contribution in [0.4, 0.5) is 0 Å². The lowest BCUT2D eigenvalue weighted by Gasteiger charge is -2.56. The molecule has 0 unspecified atom stereocenters. The molecule has 4 aliphatic rings. The van der Waals surface area contributed by atoms with Gasteiger partial charge in [0, 0.05) is 22.2 Å². The maximum absolute atomic E-state index is 14.3. The van der Waals surface area contributed by atoms with Crippen molar-refractivity contribution in [1.82, 2.24) is 0 Å². The molecular weight excluding hydrogens is 392 g/mol. The number of hydrogen-bond acceptors (Lipinski definition) is 2. The van der Waals surface area contributed by atoms with Crippen LogP contribution in [0.5, 0.6) is 0 Å². The summed E-state index contributed by atoms with van der Waals surface area (Å²) in [6, 6.07) is 29.2. The van der Waals surface area contributed by atoms with Gasteiger partial charge in [0.25, 0.3) is 0 Å². The number of hydrogen-bond donors (Lipinski definition) is 1. The number of fused-ring (bicyclic) bond motifs is 3. The number of carbonyl (C=O) groups is 1. The molecule has 3 aromatic carbocycles. The van der Waals surface area contributed by atoms with Gasteiger partial charge in [-0.1, -0.05) is 104 Å². The number of allylic oxidation sites excluding steroid dienone is 1. The van der Waals surface area contributed by atoms with Gasteiger partial charge in [-0.3, -0.25) is 4.79 Å². The summed E-state index contributed by atoms with van der Waals surface area (Å²) in [6.45, 7) is 6.39. The number of carbonyl (C=O) groups excluding carboxylic acids is 1. The van der Waals surface area contributed by atoms with Gasteiger partial charge in [-0.05, 0) is 34.8 Å². The predicted octanol–water partition coefficient (Wildman–Crippen LogP) is 5.30. The minimum Gasteiger partial charge on any atom is -0.384 e. The molecule has 0 radical (unpaired) electrons. The highest BCUT2D eigenvalue weighted by atomic mass is 16.3. The van der Waals surface area contributed by atoms with Gasteiger partial charge in [-0.2, -0.15) is 0 Å². The van der Waals surface area contributed by atoms with Crippen LogP contribution in [-0.4, -0.2) is 16.5 Å². The second-order valence-electron chi connectivity index (χ2n) is 10.5. The van der Waals surface area contributed by atoms with E-state index in [1.165, 1.54) is 5.56 Å². The Kier molecular flexibility index (Phi) is 3.09. The van der Waals surface area contributed by atoms with Gasteiger partial charge in [-0.25, -0.2) is 0 Å². The van der Waals surface area contributed by atoms with Crippen LogP contribution in [0.15, 0.2) is 90.5 Å². The maximum Gasteiger partial charge on any atom is 0.146 e. The van der Waals surface area contributed by atoms with Crippen molar-refractivity contribution < 1.29 is 9.90 Å². The molecule has 0 aliphatic heterocycles. The molecule has 0 saturated heterocycles. The minimum atomic E-state index is -1.14. The summed E-state index contributed by atoms with van der Waals surface area (Å²) in [7, 11) is 0. The van der Waals surface area contributed by atoms with Gasteiger partial charge in [0.05, 0.1) is 5.92 Å². The highest BCUT2D eigenvalue weighted by molar-refractivity contribution is 6.07. The van der Waals surface area contributed by atoms with Gasteiger partial charge in [0.2, 0.25) is 0 Å². The average Bonchev–Trinajstić information content (AvgIpc) is 3.39. The molecule has 3 aromatic rings. The quantitative estimate of drug-likeness (QED) is 0.613. The van der Waals surface area contributed by atoms with E-state index in [1.54, 1.807) is 0 Å². The first-order valence-corrected chi connectivity index (χ1v) is 11.6. The van der Waals surface area contributed by atoms with Gasteiger partial charge in [0.1, 0.15) is 11.4 Å². The SMILES string of the molecule is CC1=C(c2ccccc2)[C@]2(O)[C@]3(C)[C@H]4C(=O)[C@H]1[C@@]2(C)c1ccccc1[C@@]43c1ccccc1. The lowest BCUT2D eigenvalue weighted by Crippen LogP contribution is -2.63. The molecule has 4 bridgehead atoms. The molecule has 0 spiro atoms. The Morgan fingerprint density at radius 3 is 2.00 bits per heavy atom. The number of Topliss-reactive ketones (excluding diaryl/α,β-unsaturated/α-hetero) is 1. The van der Waals surface area contributed by atoms with Crippen LogP contribution in [0.25, 0.3) is 5.57 Å². The van der Waals surface area contributed by atoms with Crippen molar-refractivity contribution >= 4 is 11.4 Å². The second kappa shape index (κ2) is 5.32. The van der Waals surface area contributed by atoms with Crippen LogP contribution in [0.3, 0.4) is 0 Å². The van der Waals surface area contributed by atoms with Crippen LogP contribution in [0, 0.1) is 17.3 Å². The zero-order valence-electron chi connectivity index (χ0n) is 18.6. The smallest absolute Gasteiger partial charge is 0.146 e. The van der Waals surface area contributed by atoms with E-state index in [0.29, 0.717) is 5.78 Å². The summed E-state index contributed by atoms with van der Waals surface area (Å²) >= 11 is 0. The van der Waals surface area contributed by atoms with Crippen LogP contribution in [0.2, 0.25) is 0 Å². The normalized spacial score (nSPS) is 40.3. The largest absolute Gasteiger partial charge is 0.384 e. The van der Waals surface area contributed by atoms with E-state index >= 15 is 0 Å². The standard InChI is InChI=1S/C30H26O2/c1-18-23(19-12-6-4-7-13-19)30(32)27(2)21-16-10-11-17-22(21)29(20-14-8-5-9-15-20)26(28(29,30)3)25(31)24(18)27/h4-17,24,26,32H,1-3H3/t24-,26+,27+,28+,29-,30+/m0/s1. The number of rotatable bonds is 2. The molecular formula is C30H26O2. The molecule has 1 N–H and O–H groups in total. The lowest BCUT2D eigenvalue weighted by atomic mass is 9.49. The Morgan fingerprint density at radius 2 is 1.34 bits per heavy atom. The predicted molar refractivity (Wildman–Crippen MR) is 125 cm³/mol. The molecule has 4 aliphatic carbocycles. The zero-order chi connectivity index (χ0) is 22.1. The van der Waals surface area contributed by atoms with E-state index < -0.39 is 21.8 Å². The molecule has 0 heterocycles. The molecule has 158 valence electrons. The van der Waals surface area contributed by atoms with Gasteiger partial charge < -0.3 is 5.11 Å². The van der Waals surface area contributed by atoms with Crippen molar-refractivity contribution in [1.29, 1.82) is 0 Å². The Labute approximate surface area is 188 Å². The Hall–Kier alpha value is -2.97. The van der Waals surface area contributed by atoms with E-state index in [9.17, 15) is 9.90 Å². The highest BCUT2D eigenvalue weighted by Crippen LogP contribution is 2.90. The molecule has 32 heavy (non-hydrogen) atoms. The Bertz CT molecular complexity index is 1360. The third-order valence-electron chi connectivity index (χ3n) is 9.79. The average molecular weight is 419 g/mol. The second-order valence-corrected chi connectivity index (χ2v) is 10.5. The molecule has 0 aromatic heterocycles. The molecule has 2 saturated carbocycles. The van der Waals surface area contributed by atoms with Crippen molar-refractivity contribution in [3.63, 3.8) is 0 Å². The molecule has 6 atom stereocenters. The van der Waals surface area contributed by atoms with E-state index in [4.69, 9.17) is 0 Å². The first kappa shape index (κ1) is 18.6. The van der Waals surface area contributed by atoms with Crippen LogP contribution < -0.4 is 0 Å².